The molecule has 1 aromatic rings. The van der Waals surface area contributed by atoms with E-state index in [9.17, 15) is 13.6 Å². The van der Waals surface area contributed by atoms with Crippen LogP contribution in [0.15, 0.2) is 16.6 Å². The molecule has 0 amide bonds. The highest BCUT2D eigenvalue weighted by Crippen LogP contribution is 2.29. The molecule has 1 heterocycles. The first kappa shape index (κ1) is 13.4. The second kappa shape index (κ2) is 5.75. The molecule has 0 aliphatic carbocycles. The van der Waals surface area contributed by atoms with E-state index in [1.54, 1.807) is 0 Å². The maximum Gasteiger partial charge on any atom is 0.175 e. The van der Waals surface area contributed by atoms with Gasteiger partial charge in [-0.05, 0) is 28.4 Å². The number of carbonyl (C=O) groups excluding carboxylic acids is 1. The molecule has 0 spiro atoms. The molecule has 2 rings (SSSR count). The van der Waals surface area contributed by atoms with Crippen LogP contribution in [0.4, 0.5) is 8.78 Å². The highest BCUT2D eigenvalue weighted by Gasteiger charge is 2.24. The zero-order valence-corrected chi connectivity index (χ0v) is 11.0. The van der Waals surface area contributed by atoms with Gasteiger partial charge in [0.1, 0.15) is 12.4 Å². The van der Waals surface area contributed by atoms with Gasteiger partial charge < -0.3 is 9.47 Å². The van der Waals surface area contributed by atoms with Crippen LogP contribution >= 0.6 is 15.9 Å². The van der Waals surface area contributed by atoms with Gasteiger partial charge in [0.05, 0.1) is 11.1 Å². The lowest BCUT2D eigenvalue weighted by atomic mass is 10.0. The number of rotatable bonds is 4. The van der Waals surface area contributed by atoms with Crippen LogP contribution in [0.5, 0.6) is 5.75 Å². The quantitative estimate of drug-likeness (QED) is 0.855. The average Bonchev–Trinajstić information content (AvgIpc) is 2.80. The fourth-order valence-corrected chi connectivity index (χ4v) is 2.24. The maximum atomic E-state index is 13.4. The van der Waals surface area contributed by atoms with Gasteiger partial charge >= 0.3 is 0 Å². The van der Waals surface area contributed by atoms with Gasteiger partial charge in [0, 0.05) is 18.6 Å². The summed E-state index contributed by atoms with van der Waals surface area (Å²) < 4.78 is 36.6. The Morgan fingerprint density at radius 3 is 2.89 bits per heavy atom. The molecule has 1 aromatic carbocycles. The lowest BCUT2D eigenvalue weighted by Crippen LogP contribution is -2.22. The van der Waals surface area contributed by atoms with Crippen molar-refractivity contribution in [3.8, 4) is 5.75 Å². The molecule has 6 heteroatoms. The molecule has 0 N–H and O–H groups in total. The molecule has 0 radical (unpaired) electrons. The third-order valence-corrected chi connectivity index (χ3v) is 3.30. The van der Waals surface area contributed by atoms with Crippen molar-refractivity contribution in [3.63, 3.8) is 0 Å². The fourth-order valence-electron chi connectivity index (χ4n) is 1.72. The number of hydrogen-bond donors (Lipinski definition) is 0. The molecule has 1 atom stereocenters. The first-order chi connectivity index (χ1) is 8.58. The molecule has 3 nitrogen and oxygen atoms in total. The summed E-state index contributed by atoms with van der Waals surface area (Å²) in [4.78, 5) is 11.7. The van der Waals surface area contributed by atoms with Gasteiger partial charge in [-0.3, -0.25) is 4.79 Å². The van der Waals surface area contributed by atoms with Crippen LogP contribution in [0.1, 0.15) is 6.42 Å². The summed E-state index contributed by atoms with van der Waals surface area (Å²) in [5.74, 6) is -2.02. The Morgan fingerprint density at radius 1 is 1.50 bits per heavy atom. The molecular weight excluding hydrogens is 310 g/mol. The second-order valence-corrected chi connectivity index (χ2v) is 4.87. The first-order valence-corrected chi connectivity index (χ1v) is 6.25. The zero-order chi connectivity index (χ0) is 13.1. The van der Waals surface area contributed by atoms with E-state index in [0.717, 1.165) is 6.07 Å². The van der Waals surface area contributed by atoms with E-state index in [-0.39, 0.29) is 28.5 Å². The summed E-state index contributed by atoms with van der Waals surface area (Å²) in [6.07, 6.45) is 0.662. The Morgan fingerprint density at radius 2 is 2.28 bits per heavy atom. The summed E-state index contributed by atoms with van der Waals surface area (Å²) in [7, 11) is 0. The SMILES string of the molecule is O=C(COc1c(F)cc(F)cc1Br)C1CCOC1. The molecule has 1 saturated heterocycles. The summed E-state index contributed by atoms with van der Waals surface area (Å²) >= 11 is 2.99. The Balaban J connectivity index is 1.99. The molecule has 1 unspecified atom stereocenters. The van der Waals surface area contributed by atoms with Crippen LogP contribution in [0, 0.1) is 17.6 Å². The third-order valence-electron chi connectivity index (χ3n) is 2.71. The van der Waals surface area contributed by atoms with Gasteiger partial charge in [0.25, 0.3) is 0 Å². The molecule has 1 aliphatic rings. The summed E-state index contributed by atoms with van der Waals surface area (Å²) in [5.41, 5.74) is 0. The average molecular weight is 321 g/mol. The van der Waals surface area contributed by atoms with Crippen molar-refractivity contribution in [2.45, 2.75) is 6.42 Å². The molecular formula is C12H11BrF2O3. The van der Waals surface area contributed by atoms with Crippen molar-refractivity contribution in [3.05, 3.63) is 28.2 Å². The largest absolute Gasteiger partial charge is 0.482 e. The fraction of sp³-hybridized carbons (Fsp3) is 0.417. The van der Waals surface area contributed by atoms with Crippen LogP contribution < -0.4 is 4.74 Å². The van der Waals surface area contributed by atoms with Crippen molar-refractivity contribution in [1.29, 1.82) is 0 Å². The van der Waals surface area contributed by atoms with Gasteiger partial charge in [0.15, 0.2) is 17.3 Å². The van der Waals surface area contributed by atoms with E-state index >= 15 is 0 Å². The number of halogens is 3. The Bertz CT molecular complexity index is 436. The normalized spacial score (nSPS) is 18.9. The van der Waals surface area contributed by atoms with E-state index in [1.807, 2.05) is 0 Å². The van der Waals surface area contributed by atoms with Crippen LogP contribution in [0.25, 0.3) is 0 Å². The lowest BCUT2D eigenvalue weighted by Gasteiger charge is -2.11. The highest BCUT2D eigenvalue weighted by molar-refractivity contribution is 9.10. The molecule has 0 saturated carbocycles. The number of benzene rings is 1. The summed E-state index contributed by atoms with van der Waals surface area (Å²) in [5, 5.41) is 0. The minimum absolute atomic E-state index is 0.136. The second-order valence-electron chi connectivity index (χ2n) is 4.01. The topological polar surface area (TPSA) is 35.5 Å². The van der Waals surface area contributed by atoms with E-state index in [0.29, 0.717) is 25.7 Å². The van der Waals surface area contributed by atoms with Crippen molar-refractivity contribution in [1.82, 2.24) is 0 Å². The highest BCUT2D eigenvalue weighted by atomic mass is 79.9. The number of Topliss-reactive ketones (excluding diaryl/α,β-unsaturated/α-hetero) is 1. The van der Waals surface area contributed by atoms with Gasteiger partial charge in [-0.25, -0.2) is 8.78 Å². The molecule has 0 bridgehead atoms. The van der Waals surface area contributed by atoms with Crippen molar-refractivity contribution in [2.24, 2.45) is 5.92 Å². The smallest absolute Gasteiger partial charge is 0.175 e. The van der Waals surface area contributed by atoms with Crippen LogP contribution in [0.2, 0.25) is 0 Å². The van der Waals surface area contributed by atoms with Crippen molar-refractivity contribution >= 4 is 21.7 Å². The van der Waals surface area contributed by atoms with Crippen molar-refractivity contribution in [2.75, 3.05) is 19.8 Å². The Hall–Kier alpha value is -1.01. The molecule has 18 heavy (non-hydrogen) atoms. The standard InChI is InChI=1S/C12H11BrF2O3/c13-9-3-8(14)4-10(15)12(9)18-6-11(16)7-1-2-17-5-7/h3-4,7H,1-2,5-6H2. The van der Waals surface area contributed by atoms with E-state index in [1.165, 1.54) is 0 Å². The van der Waals surface area contributed by atoms with Gasteiger partial charge in [-0.2, -0.15) is 0 Å². The predicted octanol–water partition coefficient (Wildman–Crippen LogP) is 2.71. The minimum atomic E-state index is -0.836. The zero-order valence-electron chi connectivity index (χ0n) is 9.42. The maximum absolute atomic E-state index is 13.4. The summed E-state index contributed by atoms with van der Waals surface area (Å²) in [6, 6.07) is 1.80. The molecule has 0 aromatic heterocycles. The van der Waals surface area contributed by atoms with E-state index in [2.05, 4.69) is 15.9 Å². The monoisotopic (exact) mass is 320 g/mol. The third kappa shape index (κ3) is 3.05. The van der Waals surface area contributed by atoms with Crippen LogP contribution in [-0.2, 0) is 9.53 Å². The van der Waals surface area contributed by atoms with E-state index < -0.39 is 11.6 Å². The van der Waals surface area contributed by atoms with Gasteiger partial charge in [0.2, 0.25) is 0 Å². The van der Waals surface area contributed by atoms with E-state index in [4.69, 9.17) is 9.47 Å². The number of hydrogen-bond acceptors (Lipinski definition) is 3. The minimum Gasteiger partial charge on any atom is -0.482 e. The first-order valence-electron chi connectivity index (χ1n) is 5.45. The molecule has 98 valence electrons. The number of ether oxygens (including phenoxy) is 2. The van der Waals surface area contributed by atoms with Gasteiger partial charge in [-0.1, -0.05) is 0 Å². The van der Waals surface area contributed by atoms with Crippen LogP contribution in [-0.4, -0.2) is 25.6 Å². The summed E-state index contributed by atoms with van der Waals surface area (Å²) in [6.45, 7) is 0.704. The molecule has 1 fully saturated rings. The number of ketones is 1. The van der Waals surface area contributed by atoms with Crippen molar-refractivity contribution < 1.29 is 23.0 Å². The Labute approximate surface area is 111 Å². The molecule has 1 aliphatic heterocycles. The predicted molar refractivity (Wildman–Crippen MR) is 63.5 cm³/mol. The Kier molecular flexibility index (Phi) is 4.29. The lowest BCUT2D eigenvalue weighted by molar-refractivity contribution is -0.124. The van der Waals surface area contributed by atoms with Crippen LogP contribution in [0.3, 0.4) is 0 Å². The van der Waals surface area contributed by atoms with Gasteiger partial charge in [-0.15, -0.1) is 0 Å². The number of carbonyl (C=O) groups is 1.